The molecule has 1 fully saturated rings. The summed E-state index contributed by atoms with van der Waals surface area (Å²) in [4.78, 5) is 4.99. The Kier molecular flexibility index (Phi) is 2.45. The molecule has 3 nitrogen and oxygen atoms in total. The van der Waals surface area contributed by atoms with E-state index in [0.717, 1.165) is 19.4 Å². The molecule has 0 spiro atoms. The molecule has 1 N–H and O–H groups in total. The molecule has 3 heteroatoms. The molecule has 0 aromatic heterocycles. The Hall–Kier alpha value is -0.120. The molecule has 1 saturated heterocycles. The van der Waals surface area contributed by atoms with Gasteiger partial charge >= 0.3 is 0 Å². The van der Waals surface area contributed by atoms with Crippen molar-refractivity contribution in [2.24, 2.45) is 0 Å². The van der Waals surface area contributed by atoms with Gasteiger partial charge in [-0.25, -0.2) is 0 Å². The Bertz CT molecular complexity index is 77.1. The van der Waals surface area contributed by atoms with E-state index in [-0.39, 0.29) is 12.6 Å². The lowest BCUT2D eigenvalue weighted by molar-refractivity contribution is -0.149. The zero-order chi connectivity index (χ0) is 6.69. The van der Waals surface area contributed by atoms with Crippen LogP contribution >= 0.6 is 0 Å². The van der Waals surface area contributed by atoms with Gasteiger partial charge in [0.2, 0.25) is 0 Å². The van der Waals surface area contributed by atoms with Crippen LogP contribution in [0.3, 0.4) is 0 Å². The summed E-state index contributed by atoms with van der Waals surface area (Å²) in [7, 11) is 1.65. The summed E-state index contributed by atoms with van der Waals surface area (Å²) < 4.78 is 0. The van der Waals surface area contributed by atoms with Crippen LogP contribution in [0.4, 0.5) is 0 Å². The lowest BCUT2D eigenvalue weighted by atomic mass is 10.2. The van der Waals surface area contributed by atoms with Gasteiger partial charge in [-0.15, -0.1) is 0 Å². The summed E-state index contributed by atoms with van der Waals surface area (Å²) in [6.45, 7) is 1.18. The van der Waals surface area contributed by atoms with Gasteiger partial charge in [-0.1, -0.05) is 0 Å². The van der Waals surface area contributed by atoms with Crippen molar-refractivity contribution in [3.05, 3.63) is 0 Å². The van der Waals surface area contributed by atoms with Crippen molar-refractivity contribution in [3.63, 3.8) is 0 Å². The molecular formula is C6H13NO2. The normalized spacial score (nSPS) is 29.3. The van der Waals surface area contributed by atoms with Gasteiger partial charge in [0.1, 0.15) is 0 Å². The quantitative estimate of drug-likeness (QED) is 0.572. The van der Waals surface area contributed by atoms with Crippen LogP contribution < -0.4 is 0 Å². The van der Waals surface area contributed by atoms with Crippen LogP contribution in [0.15, 0.2) is 0 Å². The maximum Gasteiger partial charge on any atom is 0.0610 e. The summed E-state index contributed by atoms with van der Waals surface area (Å²) >= 11 is 0. The zero-order valence-corrected chi connectivity index (χ0v) is 5.71. The second-order valence-corrected chi connectivity index (χ2v) is 2.30. The third-order valence-corrected chi connectivity index (χ3v) is 1.77. The highest BCUT2D eigenvalue weighted by Crippen LogP contribution is 2.15. The molecule has 0 aromatic rings. The molecule has 0 saturated carbocycles. The number of aliphatic hydroxyl groups excluding tert-OH is 1. The van der Waals surface area contributed by atoms with Crippen molar-refractivity contribution < 1.29 is 9.94 Å². The average molecular weight is 131 g/mol. The lowest BCUT2D eigenvalue weighted by Crippen LogP contribution is -2.30. The fourth-order valence-electron chi connectivity index (χ4n) is 1.23. The van der Waals surface area contributed by atoms with E-state index in [1.54, 1.807) is 7.11 Å². The zero-order valence-electron chi connectivity index (χ0n) is 5.71. The Labute approximate surface area is 55.2 Å². The molecule has 0 unspecified atom stereocenters. The Morgan fingerprint density at radius 1 is 1.78 bits per heavy atom. The molecule has 0 aromatic carbocycles. The highest BCUT2D eigenvalue weighted by atomic mass is 16.7. The van der Waals surface area contributed by atoms with Gasteiger partial charge in [0.25, 0.3) is 0 Å². The third-order valence-electron chi connectivity index (χ3n) is 1.77. The fraction of sp³-hybridized carbons (Fsp3) is 1.00. The highest BCUT2D eigenvalue weighted by molar-refractivity contribution is 4.71. The van der Waals surface area contributed by atoms with E-state index in [9.17, 15) is 0 Å². The minimum Gasteiger partial charge on any atom is -0.395 e. The van der Waals surface area contributed by atoms with Gasteiger partial charge in [-0.2, -0.15) is 5.06 Å². The molecule has 0 aliphatic carbocycles. The number of hydroxylamine groups is 2. The molecule has 0 amide bonds. The van der Waals surface area contributed by atoms with Crippen molar-refractivity contribution >= 4 is 0 Å². The third kappa shape index (κ3) is 1.41. The molecule has 9 heavy (non-hydrogen) atoms. The number of hydrogen-bond acceptors (Lipinski definition) is 3. The summed E-state index contributed by atoms with van der Waals surface area (Å²) in [5.41, 5.74) is 0. The minimum absolute atomic E-state index is 0.216. The van der Waals surface area contributed by atoms with Crippen LogP contribution in [0.5, 0.6) is 0 Å². The monoisotopic (exact) mass is 131 g/mol. The molecule has 0 radical (unpaired) electrons. The second kappa shape index (κ2) is 3.15. The molecule has 54 valence electrons. The molecule has 1 aliphatic rings. The van der Waals surface area contributed by atoms with Crippen LogP contribution in [0.1, 0.15) is 12.8 Å². The molecule has 1 aliphatic heterocycles. The van der Waals surface area contributed by atoms with Gasteiger partial charge in [0.15, 0.2) is 0 Å². The smallest absolute Gasteiger partial charge is 0.0610 e. The molecule has 1 atom stereocenters. The Balaban J connectivity index is 2.32. The van der Waals surface area contributed by atoms with E-state index in [2.05, 4.69) is 0 Å². The first-order valence-corrected chi connectivity index (χ1v) is 3.30. The molecular weight excluding hydrogens is 118 g/mol. The topological polar surface area (TPSA) is 32.7 Å². The average Bonchev–Trinajstić information content (AvgIpc) is 2.33. The largest absolute Gasteiger partial charge is 0.395 e. The number of aliphatic hydroxyl groups is 1. The van der Waals surface area contributed by atoms with Crippen molar-refractivity contribution in [3.8, 4) is 0 Å². The number of nitrogens with zero attached hydrogens (tertiary/aromatic N) is 1. The van der Waals surface area contributed by atoms with E-state index in [0.29, 0.717) is 0 Å². The van der Waals surface area contributed by atoms with Crippen molar-refractivity contribution in [1.29, 1.82) is 0 Å². The van der Waals surface area contributed by atoms with E-state index < -0.39 is 0 Å². The van der Waals surface area contributed by atoms with Crippen LogP contribution in [0.25, 0.3) is 0 Å². The standard InChI is InChI=1S/C6H13NO2/c1-9-7-4-2-3-6(7)5-8/h6,8H,2-5H2,1H3/t6-/m0/s1. The summed E-state index contributed by atoms with van der Waals surface area (Å²) in [5.74, 6) is 0. The van der Waals surface area contributed by atoms with Crippen molar-refractivity contribution in [2.75, 3.05) is 20.3 Å². The SMILES string of the molecule is CON1CCC[C@H]1CO. The van der Waals surface area contributed by atoms with Crippen LogP contribution in [-0.2, 0) is 4.84 Å². The van der Waals surface area contributed by atoms with E-state index in [1.807, 2.05) is 5.06 Å². The van der Waals surface area contributed by atoms with Gasteiger partial charge < -0.3 is 9.94 Å². The summed E-state index contributed by atoms with van der Waals surface area (Å²) in [6.07, 6.45) is 2.20. The fourth-order valence-corrected chi connectivity index (χ4v) is 1.23. The lowest BCUT2D eigenvalue weighted by Gasteiger charge is -2.18. The predicted octanol–water partition coefficient (Wildman–Crippen LogP) is 0.00450. The van der Waals surface area contributed by atoms with E-state index >= 15 is 0 Å². The molecule has 1 rings (SSSR count). The Morgan fingerprint density at radius 2 is 2.56 bits per heavy atom. The van der Waals surface area contributed by atoms with Gasteiger partial charge in [-0.05, 0) is 12.8 Å². The van der Waals surface area contributed by atoms with Crippen molar-refractivity contribution in [1.82, 2.24) is 5.06 Å². The second-order valence-electron chi connectivity index (χ2n) is 2.30. The van der Waals surface area contributed by atoms with Gasteiger partial charge in [0, 0.05) is 6.54 Å². The number of hydrogen-bond donors (Lipinski definition) is 1. The summed E-state index contributed by atoms with van der Waals surface area (Å²) in [5, 5.41) is 10.6. The first-order valence-electron chi connectivity index (χ1n) is 3.30. The molecule has 0 bridgehead atoms. The van der Waals surface area contributed by atoms with Crippen LogP contribution in [0.2, 0.25) is 0 Å². The first-order chi connectivity index (χ1) is 4.38. The van der Waals surface area contributed by atoms with Crippen LogP contribution in [-0.4, -0.2) is 36.5 Å². The van der Waals surface area contributed by atoms with Gasteiger partial charge in [0.05, 0.1) is 19.8 Å². The summed E-state index contributed by atoms with van der Waals surface area (Å²) in [6, 6.07) is 0.245. The van der Waals surface area contributed by atoms with Crippen molar-refractivity contribution in [2.45, 2.75) is 18.9 Å². The number of rotatable bonds is 2. The van der Waals surface area contributed by atoms with Gasteiger partial charge in [-0.3, -0.25) is 0 Å². The first kappa shape index (κ1) is 6.99. The van der Waals surface area contributed by atoms with Crippen LogP contribution in [0, 0.1) is 0 Å². The maximum absolute atomic E-state index is 8.75. The van der Waals surface area contributed by atoms with E-state index in [4.69, 9.17) is 9.94 Å². The Morgan fingerprint density at radius 3 is 3.00 bits per heavy atom. The highest BCUT2D eigenvalue weighted by Gasteiger charge is 2.22. The minimum atomic E-state index is 0.216. The molecule has 1 heterocycles. The predicted molar refractivity (Wildman–Crippen MR) is 33.8 cm³/mol. The van der Waals surface area contributed by atoms with E-state index in [1.165, 1.54) is 0 Å². The maximum atomic E-state index is 8.75.